The van der Waals surface area contributed by atoms with Gasteiger partial charge in [0.2, 0.25) is 0 Å². The van der Waals surface area contributed by atoms with E-state index in [0.29, 0.717) is 0 Å². The normalized spacial score (nSPS) is 10.5. The Morgan fingerprint density at radius 3 is 2.74 bits per heavy atom. The van der Waals surface area contributed by atoms with Crippen LogP contribution in [0.25, 0.3) is 11.1 Å². The smallest absolute Gasteiger partial charge is 0.137 e. The fraction of sp³-hybridized carbons (Fsp3) is 0.267. The number of pyridine rings is 1. The SMILES string of the molecule is CCNCc1ccc(-c2cncc(OC)c2)cc1Cl. The first-order valence-corrected chi connectivity index (χ1v) is 6.61. The van der Waals surface area contributed by atoms with Gasteiger partial charge >= 0.3 is 0 Å². The fourth-order valence-corrected chi connectivity index (χ4v) is 2.07. The minimum atomic E-state index is 0.741. The van der Waals surface area contributed by atoms with Gasteiger partial charge in [-0.2, -0.15) is 0 Å². The van der Waals surface area contributed by atoms with E-state index in [9.17, 15) is 0 Å². The molecule has 19 heavy (non-hydrogen) atoms. The van der Waals surface area contributed by atoms with Gasteiger partial charge in [0.25, 0.3) is 0 Å². The Hall–Kier alpha value is -1.58. The average molecular weight is 277 g/mol. The molecule has 4 heteroatoms. The van der Waals surface area contributed by atoms with E-state index < -0.39 is 0 Å². The van der Waals surface area contributed by atoms with E-state index in [2.05, 4.69) is 23.3 Å². The van der Waals surface area contributed by atoms with Crippen LogP contribution in [0.15, 0.2) is 36.7 Å². The lowest BCUT2D eigenvalue weighted by molar-refractivity contribution is 0.413. The van der Waals surface area contributed by atoms with Gasteiger partial charge in [-0.15, -0.1) is 0 Å². The summed E-state index contributed by atoms with van der Waals surface area (Å²) < 4.78 is 5.18. The van der Waals surface area contributed by atoms with Crippen LogP contribution in [-0.2, 0) is 6.54 Å². The van der Waals surface area contributed by atoms with Gasteiger partial charge in [-0.3, -0.25) is 4.98 Å². The number of nitrogens with one attached hydrogen (secondary N) is 1. The van der Waals surface area contributed by atoms with Crippen molar-refractivity contribution in [2.75, 3.05) is 13.7 Å². The quantitative estimate of drug-likeness (QED) is 0.907. The van der Waals surface area contributed by atoms with Crippen molar-refractivity contribution in [3.63, 3.8) is 0 Å². The number of hydrogen-bond donors (Lipinski definition) is 1. The first-order valence-electron chi connectivity index (χ1n) is 6.23. The number of rotatable bonds is 5. The van der Waals surface area contributed by atoms with E-state index in [1.54, 1.807) is 19.5 Å². The summed E-state index contributed by atoms with van der Waals surface area (Å²) in [6, 6.07) is 8.00. The minimum Gasteiger partial charge on any atom is -0.495 e. The molecule has 2 aromatic rings. The van der Waals surface area contributed by atoms with Gasteiger partial charge in [0, 0.05) is 23.3 Å². The molecule has 0 fully saturated rings. The second-order valence-corrected chi connectivity index (χ2v) is 4.61. The summed E-state index contributed by atoms with van der Waals surface area (Å²) in [4.78, 5) is 4.15. The number of ether oxygens (including phenoxy) is 1. The first-order chi connectivity index (χ1) is 9.24. The zero-order valence-corrected chi connectivity index (χ0v) is 11.9. The third kappa shape index (κ3) is 3.46. The van der Waals surface area contributed by atoms with Crippen molar-refractivity contribution in [3.8, 4) is 16.9 Å². The molecule has 100 valence electrons. The van der Waals surface area contributed by atoms with Gasteiger partial charge in [0.1, 0.15) is 5.75 Å². The van der Waals surface area contributed by atoms with Gasteiger partial charge in [0.15, 0.2) is 0 Å². The highest BCUT2D eigenvalue weighted by molar-refractivity contribution is 6.31. The molecule has 0 atom stereocenters. The number of methoxy groups -OCH3 is 1. The molecule has 0 saturated carbocycles. The number of benzene rings is 1. The molecule has 0 aliphatic carbocycles. The number of nitrogens with zero attached hydrogens (tertiary/aromatic N) is 1. The lowest BCUT2D eigenvalue weighted by atomic mass is 10.1. The van der Waals surface area contributed by atoms with Crippen LogP contribution >= 0.6 is 11.6 Å². The van der Waals surface area contributed by atoms with Crippen molar-refractivity contribution in [1.29, 1.82) is 0 Å². The summed E-state index contributed by atoms with van der Waals surface area (Å²) in [5.41, 5.74) is 3.14. The monoisotopic (exact) mass is 276 g/mol. The topological polar surface area (TPSA) is 34.2 Å². The van der Waals surface area contributed by atoms with E-state index in [0.717, 1.165) is 40.6 Å². The Balaban J connectivity index is 2.27. The van der Waals surface area contributed by atoms with Crippen LogP contribution in [0.5, 0.6) is 5.75 Å². The second kappa shape index (κ2) is 6.55. The zero-order valence-electron chi connectivity index (χ0n) is 11.1. The largest absolute Gasteiger partial charge is 0.495 e. The first kappa shape index (κ1) is 13.8. The molecule has 0 spiro atoms. The maximum Gasteiger partial charge on any atom is 0.137 e. The Kier molecular flexibility index (Phi) is 4.77. The maximum atomic E-state index is 6.30. The lowest BCUT2D eigenvalue weighted by Gasteiger charge is -2.08. The molecule has 0 aliphatic rings. The molecule has 0 bridgehead atoms. The molecular formula is C15H17ClN2O. The summed E-state index contributed by atoms with van der Waals surface area (Å²) in [7, 11) is 1.63. The van der Waals surface area contributed by atoms with Gasteiger partial charge < -0.3 is 10.1 Å². The Morgan fingerprint density at radius 1 is 1.21 bits per heavy atom. The van der Waals surface area contributed by atoms with Crippen LogP contribution in [0.2, 0.25) is 5.02 Å². The van der Waals surface area contributed by atoms with Crippen LogP contribution < -0.4 is 10.1 Å². The van der Waals surface area contributed by atoms with E-state index in [-0.39, 0.29) is 0 Å². The molecule has 1 aromatic carbocycles. The van der Waals surface area contributed by atoms with Crippen LogP contribution in [0, 0.1) is 0 Å². The highest BCUT2D eigenvalue weighted by Gasteiger charge is 2.05. The van der Waals surface area contributed by atoms with Gasteiger partial charge in [0.05, 0.1) is 13.3 Å². The van der Waals surface area contributed by atoms with Crippen LogP contribution in [0.1, 0.15) is 12.5 Å². The van der Waals surface area contributed by atoms with Crippen molar-refractivity contribution < 1.29 is 4.74 Å². The molecule has 1 aromatic heterocycles. The zero-order chi connectivity index (χ0) is 13.7. The molecule has 0 aliphatic heterocycles. The molecule has 0 amide bonds. The Bertz CT molecular complexity index is 558. The molecule has 0 radical (unpaired) electrons. The van der Waals surface area contributed by atoms with Crippen molar-refractivity contribution in [2.45, 2.75) is 13.5 Å². The van der Waals surface area contributed by atoms with Crippen molar-refractivity contribution in [1.82, 2.24) is 10.3 Å². The minimum absolute atomic E-state index is 0.741. The maximum absolute atomic E-state index is 6.30. The highest BCUT2D eigenvalue weighted by atomic mass is 35.5. The van der Waals surface area contributed by atoms with Gasteiger partial charge in [-0.25, -0.2) is 0 Å². The molecular weight excluding hydrogens is 260 g/mol. The van der Waals surface area contributed by atoms with E-state index in [1.165, 1.54) is 0 Å². The third-order valence-corrected chi connectivity index (χ3v) is 3.25. The summed E-state index contributed by atoms with van der Waals surface area (Å²) in [6.45, 7) is 3.79. The Labute approximate surface area is 118 Å². The highest BCUT2D eigenvalue weighted by Crippen LogP contribution is 2.27. The van der Waals surface area contributed by atoms with Crippen molar-refractivity contribution in [2.24, 2.45) is 0 Å². The van der Waals surface area contributed by atoms with Crippen LogP contribution in [0.4, 0.5) is 0 Å². The van der Waals surface area contributed by atoms with Crippen LogP contribution in [0.3, 0.4) is 0 Å². The molecule has 1 heterocycles. The summed E-state index contributed by atoms with van der Waals surface area (Å²) in [6.07, 6.45) is 3.49. The number of aromatic nitrogens is 1. The molecule has 0 saturated heterocycles. The van der Waals surface area contributed by atoms with E-state index >= 15 is 0 Å². The van der Waals surface area contributed by atoms with Crippen LogP contribution in [-0.4, -0.2) is 18.6 Å². The van der Waals surface area contributed by atoms with E-state index in [4.69, 9.17) is 16.3 Å². The lowest BCUT2D eigenvalue weighted by Crippen LogP contribution is -2.11. The second-order valence-electron chi connectivity index (χ2n) is 4.20. The third-order valence-electron chi connectivity index (χ3n) is 2.90. The molecule has 2 rings (SSSR count). The average Bonchev–Trinajstić information content (AvgIpc) is 2.46. The molecule has 0 unspecified atom stereocenters. The molecule has 3 nitrogen and oxygen atoms in total. The van der Waals surface area contributed by atoms with Gasteiger partial charge in [-0.1, -0.05) is 30.7 Å². The summed E-state index contributed by atoms with van der Waals surface area (Å²) >= 11 is 6.30. The number of halogens is 1. The predicted octanol–water partition coefficient (Wildman–Crippen LogP) is 3.52. The van der Waals surface area contributed by atoms with E-state index in [1.807, 2.05) is 18.2 Å². The Morgan fingerprint density at radius 2 is 2.05 bits per heavy atom. The van der Waals surface area contributed by atoms with Crippen molar-refractivity contribution in [3.05, 3.63) is 47.2 Å². The summed E-state index contributed by atoms with van der Waals surface area (Å²) in [5.74, 6) is 0.741. The van der Waals surface area contributed by atoms with Gasteiger partial charge in [-0.05, 0) is 29.8 Å². The standard InChI is InChI=1S/C15H17ClN2O/c1-3-17-8-12-5-4-11(7-15(12)16)13-6-14(19-2)10-18-9-13/h4-7,9-10,17H,3,8H2,1-2H3. The summed E-state index contributed by atoms with van der Waals surface area (Å²) in [5, 5.41) is 4.03. The fourth-order valence-electron chi connectivity index (χ4n) is 1.82. The van der Waals surface area contributed by atoms with Crippen molar-refractivity contribution >= 4 is 11.6 Å². The molecule has 1 N–H and O–H groups in total. The predicted molar refractivity (Wildman–Crippen MR) is 78.6 cm³/mol. The number of hydrogen-bond acceptors (Lipinski definition) is 3.